The van der Waals surface area contributed by atoms with Crippen LogP contribution in [0.25, 0.3) is 10.9 Å². The highest BCUT2D eigenvalue weighted by Gasteiger charge is 2.36. The molecule has 0 spiro atoms. The number of carbonyl (C=O) groups is 1. The minimum absolute atomic E-state index is 0.109. The van der Waals surface area contributed by atoms with Crippen LogP contribution < -0.4 is 5.56 Å². The molecule has 6 rings (SSSR count). The predicted molar refractivity (Wildman–Crippen MR) is 125 cm³/mol. The quantitative estimate of drug-likeness (QED) is 0.618. The van der Waals surface area contributed by atoms with Gasteiger partial charge in [0.15, 0.2) is 0 Å². The Labute approximate surface area is 188 Å². The maximum atomic E-state index is 13.3. The third-order valence-electron chi connectivity index (χ3n) is 8.10. The van der Waals surface area contributed by atoms with Crippen molar-refractivity contribution in [3.63, 3.8) is 0 Å². The maximum Gasteiger partial charge on any atom is 0.259 e. The van der Waals surface area contributed by atoms with Crippen molar-refractivity contribution in [2.75, 3.05) is 0 Å². The van der Waals surface area contributed by atoms with E-state index < -0.39 is 0 Å². The van der Waals surface area contributed by atoms with Crippen LogP contribution in [0.3, 0.4) is 0 Å². The molecule has 3 aliphatic heterocycles. The number of fused-ring (bicyclic) bond motifs is 6. The Morgan fingerprint density at radius 2 is 1.94 bits per heavy atom. The molecule has 0 N–H and O–H groups in total. The van der Waals surface area contributed by atoms with Crippen LogP contribution in [0.4, 0.5) is 0 Å². The first-order valence-corrected chi connectivity index (χ1v) is 12.3. The lowest BCUT2D eigenvalue weighted by molar-refractivity contribution is 0.0696. The maximum absolute atomic E-state index is 13.3. The molecule has 0 saturated carbocycles. The minimum atomic E-state index is 0.109. The molecular weight excluding hydrogens is 400 g/mol. The van der Waals surface area contributed by atoms with E-state index in [1.807, 2.05) is 13.1 Å². The zero-order valence-electron chi connectivity index (χ0n) is 19.1. The van der Waals surface area contributed by atoms with E-state index in [-0.39, 0.29) is 17.5 Å². The van der Waals surface area contributed by atoms with E-state index in [1.165, 1.54) is 29.9 Å². The van der Waals surface area contributed by atoms with Crippen molar-refractivity contribution in [2.24, 2.45) is 0 Å². The molecule has 0 aliphatic carbocycles. The number of hydrogen-bond acceptors (Lipinski definition) is 2. The second kappa shape index (κ2) is 7.39. The van der Waals surface area contributed by atoms with Crippen molar-refractivity contribution < 1.29 is 4.79 Å². The third-order valence-corrected chi connectivity index (χ3v) is 8.10. The van der Waals surface area contributed by atoms with Gasteiger partial charge in [0.25, 0.3) is 11.5 Å². The molecule has 168 valence electrons. The lowest BCUT2D eigenvalue weighted by Crippen LogP contribution is -2.35. The Kier molecular flexibility index (Phi) is 4.60. The number of aryl methyl sites for hydroxylation is 3. The van der Waals surface area contributed by atoms with Crippen LogP contribution in [-0.2, 0) is 32.6 Å². The molecule has 3 aromatic rings. The fourth-order valence-corrected chi connectivity index (χ4v) is 6.38. The number of pyridine rings is 1. The second-order valence-electron chi connectivity index (χ2n) is 9.89. The van der Waals surface area contributed by atoms with Crippen LogP contribution in [0.15, 0.2) is 29.2 Å². The van der Waals surface area contributed by atoms with E-state index in [0.717, 1.165) is 61.8 Å². The highest BCUT2D eigenvalue weighted by molar-refractivity contribution is 5.98. The van der Waals surface area contributed by atoms with Gasteiger partial charge in [-0.05, 0) is 70.6 Å². The van der Waals surface area contributed by atoms with Gasteiger partial charge in [0.1, 0.15) is 0 Å². The van der Waals surface area contributed by atoms with Gasteiger partial charge < -0.3 is 18.6 Å². The first-order valence-electron chi connectivity index (χ1n) is 12.3. The number of hydrogen-bond donors (Lipinski definition) is 0. The van der Waals surface area contributed by atoms with Crippen molar-refractivity contribution in [1.82, 2.24) is 18.6 Å². The van der Waals surface area contributed by atoms with E-state index in [2.05, 4.69) is 39.2 Å². The fraction of sp³-hybridized carbons (Fsp3) is 0.538. The molecule has 0 bridgehead atoms. The van der Waals surface area contributed by atoms with E-state index in [9.17, 15) is 9.59 Å². The van der Waals surface area contributed by atoms with Gasteiger partial charge >= 0.3 is 0 Å². The van der Waals surface area contributed by atoms with Gasteiger partial charge in [-0.3, -0.25) is 9.59 Å². The molecule has 6 heterocycles. The highest BCUT2D eigenvalue weighted by atomic mass is 16.2. The summed E-state index contributed by atoms with van der Waals surface area (Å²) in [6.45, 7) is 7.67. The molecular formula is C26H32N4O2. The molecule has 6 nitrogen and oxygen atoms in total. The molecule has 0 aromatic carbocycles. The van der Waals surface area contributed by atoms with Crippen LogP contribution in [0.5, 0.6) is 0 Å². The van der Waals surface area contributed by atoms with Crippen molar-refractivity contribution in [3.8, 4) is 0 Å². The van der Waals surface area contributed by atoms with Crippen LogP contribution in [0.1, 0.15) is 79.3 Å². The third kappa shape index (κ3) is 2.84. The number of rotatable bonds is 4. The molecule has 0 saturated heterocycles. The van der Waals surface area contributed by atoms with Crippen LogP contribution >= 0.6 is 0 Å². The Morgan fingerprint density at radius 1 is 1.09 bits per heavy atom. The number of carbonyl (C=O) groups excluding carboxylic acids is 1. The normalized spacial score (nSPS) is 21.0. The zero-order chi connectivity index (χ0) is 22.0. The van der Waals surface area contributed by atoms with Gasteiger partial charge in [-0.1, -0.05) is 0 Å². The summed E-state index contributed by atoms with van der Waals surface area (Å²) in [6.07, 6.45) is 8.65. The largest absolute Gasteiger partial charge is 0.346 e. The summed E-state index contributed by atoms with van der Waals surface area (Å²) in [6, 6.07) is 6.56. The van der Waals surface area contributed by atoms with E-state index in [0.29, 0.717) is 12.5 Å². The standard InChI is InChI=1S/C26H32N4O2/c1-3-27-12-9-22-21(25(27)31)15-23-18(7-6-11-29(22)23)13-17(2)30-16-24-20(26(30)32)14-19-8-4-5-10-28(19)24/h9,12,14-15,17-18H,3-8,10-11,13,16H2,1-2H3. The number of nitrogens with zero attached hydrogens (tertiary/aromatic N) is 4. The smallest absolute Gasteiger partial charge is 0.259 e. The lowest BCUT2D eigenvalue weighted by Gasteiger charge is -2.32. The highest BCUT2D eigenvalue weighted by Crippen LogP contribution is 2.38. The molecule has 3 aliphatic rings. The molecule has 0 radical (unpaired) electrons. The summed E-state index contributed by atoms with van der Waals surface area (Å²) in [7, 11) is 0. The average molecular weight is 433 g/mol. The second-order valence-corrected chi connectivity index (χ2v) is 9.89. The first-order chi connectivity index (χ1) is 15.6. The van der Waals surface area contributed by atoms with Crippen molar-refractivity contribution in [2.45, 2.75) is 90.5 Å². The summed E-state index contributed by atoms with van der Waals surface area (Å²) in [5.74, 6) is 0.585. The predicted octanol–water partition coefficient (Wildman–Crippen LogP) is 4.27. The molecule has 2 atom stereocenters. The van der Waals surface area contributed by atoms with E-state index in [4.69, 9.17) is 0 Å². The van der Waals surface area contributed by atoms with Gasteiger partial charge in [-0.15, -0.1) is 0 Å². The zero-order valence-corrected chi connectivity index (χ0v) is 19.1. The lowest BCUT2D eigenvalue weighted by atomic mass is 9.89. The van der Waals surface area contributed by atoms with Gasteiger partial charge in [0.05, 0.1) is 28.7 Å². The minimum Gasteiger partial charge on any atom is -0.346 e. The van der Waals surface area contributed by atoms with Crippen LogP contribution in [0, 0.1) is 0 Å². The summed E-state index contributed by atoms with van der Waals surface area (Å²) >= 11 is 0. The number of aromatic nitrogens is 3. The molecule has 3 aromatic heterocycles. The van der Waals surface area contributed by atoms with Crippen molar-refractivity contribution in [1.29, 1.82) is 0 Å². The van der Waals surface area contributed by atoms with E-state index >= 15 is 0 Å². The first kappa shape index (κ1) is 19.9. The van der Waals surface area contributed by atoms with E-state index in [1.54, 1.807) is 4.57 Å². The SMILES string of the molecule is CCn1ccc2c(cc3n2CCCC3CC(C)N2Cc3c(cc4n3CCCC4)C2=O)c1=O. The average Bonchev–Trinajstić information content (AvgIpc) is 3.46. The summed E-state index contributed by atoms with van der Waals surface area (Å²) in [5.41, 5.74) is 5.96. The molecule has 2 unspecified atom stereocenters. The molecule has 6 heteroatoms. The molecule has 0 fully saturated rings. The number of amides is 1. The monoisotopic (exact) mass is 432 g/mol. The Balaban J connectivity index is 1.27. The van der Waals surface area contributed by atoms with Crippen LogP contribution in [0.2, 0.25) is 0 Å². The van der Waals surface area contributed by atoms with Gasteiger partial charge in [-0.2, -0.15) is 0 Å². The van der Waals surface area contributed by atoms with Crippen molar-refractivity contribution in [3.05, 3.63) is 57.4 Å². The summed E-state index contributed by atoms with van der Waals surface area (Å²) < 4.78 is 6.54. The summed E-state index contributed by atoms with van der Waals surface area (Å²) in [4.78, 5) is 28.2. The Morgan fingerprint density at radius 3 is 2.78 bits per heavy atom. The summed E-state index contributed by atoms with van der Waals surface area (Å²) in [5, 5.41) is 0.838. The Bertz CT molecular complexity index is 1280. The van der Waals surface area contributed by atoms with Gasteiger partial charge in [0, 0.05) is 49.2 Å². The molecule has 1 amide bonds. The van der Waals surface area contributed by atoms with Gasteiger partial charge in [0.2, 0.25) is 0 Å². The fourth-order valence-electron chi connectivity index (χ4n) is 6.38. The molecule has 32 heavy (non-hydrogen) atoms. The van der Waals surface area contributed by atoms with Crippen LogP contribution in [-0.4, -0.2) is 30.6 Å². The van der Waals surface area contributed by atoms with Gasteiger partial charge in [-0.25, -0.2) is 0 Å². The Hall–Kier alpha value is -2.76. The topological polar surface area (TPSA) is 52.2 Å². The van der Waals surface area contributed by atoms with Crippen molar-refractivity contribution >= 4 is 16.8 Å².